The predicted molar refractivity (Wildman–Crippen MR) is 155 cm³/mol. The Kier molecular flexibility index (Phi) is 9.58. The second-order valence-electron chi connectivity index (χ2n) is 9.87. The third kappa shape index (κ3) is 7.19. The van der Waals surface area contributed by atoms with Gasteiger partial charge in [-0.1, -0.05) is 0 Å². The number of pyridine rings is 1. The first-order chi connectivity index (χ1) is 20.3. The van der Waals surface area contributed by atoms with Crippen LogP contribution in [0.2, 0.25) is 0 Å². The molecule has 0 radical (unpaired) electrons. The molecule has 0 saturated carbocycles. The highest BCUT2D eigenvalue weighted by molar-refractivity contribution is 7.92. The molecule has 1 N–H and O–H groups in total. The van der Waals surface area contributed by atoms with Crippen LogP contribution >= 0.6 is 0 Å². The van der Waals surface area contributed by atoms with Crippen molar-refractivity contribution in [2.75, 3.05) is 58.2 Å². The number of likely N-dealkylation sites (N-methyl/N-ethyl adjacent to an activating group) is 1. The van der Waals surface area contributed by atoms with Gasteiger partial charge >= 0.3 is 0 Å². The molecule has 222 valence electrons. The van der Waals surface area contributed by atoms with E-state index in [0.29, 0.717) is 34.8 Å². The summed E-state index contributed by atoms with van der Waals surface area (Å²) in [5.41, 5.74) is 0.672. The fourth-order valence-corrected chi connectivity index (χ4v) is 5.49. The first-order valence-electron chi connectivity index (χ1n) is 13.4. The molecule has 1 aliphatic heterocycles. The highest BCUT2D eigenvalue weighted by Crippen LogP contribution is 2.38. The first-order valence-corrected chi connectivity index (χ1v) is 14.6. The number of nitrogens with zero attached hydrogens (tertiary/aromatic N) is 3. The van der Waals surface area contributed by atoms with E-state index in [-0.39, 0.29) is 16.3 Å². The van der Waals surface area contributed by atoms with Crippen molar-refractivity contribution >= 4 is 28.0 Å². The maximum atomic E-state index is 15.0. The van der Waals surface area contributed by atoms with Crippen LogP contribution in [0.4, 0.5) is 18.9 Å². The Balaban J connectivity index is 1.26. The van der Waals surface area contributed by atoms with E-state index in [0.717, 1.165) is 63.4 Å². The van der Waals surface area contributed by atoms with Crippen LogP contribution in [0.5, 0.6) is 23.0 Å². The Labute approximate surface area is 245 Å². The molecule has 5 rings (SSSR count). The Morgan fingerprint density at radius 1 is 0.905 bits per heavy atom. The average molecular weight is 601 g/mol. The lowest BCUT2D eigenvalue weighted by atomic mass is 10.1. The van der Waals surface area contributed by atoms with Gasteiger partial charge in [-0.05, 0) is 49.9 Å². The summed E-state index contributed by atoms with van der Waals surface area (Å²) in [6.07, 6.45) is 2.42. The molecule has 42 heavy (non-hydrogen) atoms. The van der Waals surface area contributed by atoms with Gasteiger partial charge in [-0.15, -0.1) is 0 Å². The van der Waals surface area contributed by atoms with Crippen LogP contribution < -0.4 is 18.9 Å². The largest absolute Gasteiger partial charge is 0.588 e. The first kappa shape index (κ1) is 29.8. The summed E-state index contributed by atoms with van der Waals surface area (Å²) in [4.78, 5) is 8.78. The topological polar surface area (TPSA) is 82.1 Å². The van der Waals surface area contributed by atoms with E-state index < -0.39 is 28.8 Å². The molecule has 1 aliphatic rings. The number of hydrogen-bond donors (Lipinski definition) is 1. The zero-order chi connectivity index (χ0) is 29.6. The van der Waals surface area contributed by atoms with Gasteiger partial charge in [0.2, 0.25) is 4.90 Å². The van der Waals surface area contributed by atoms with Gasteiger partial charge in [-0.3, -0.25) is 4.98 Å². The van der Waals surface area contributed by atoms with Gasteiger partial charge in [0.1, 0.15) is 22.9 Å². The van der Waals surface area contributed by atoms with E-state index in [1.54, 1.807) is 31.5 Å². The normalized spacial score (nSPS) is 15.0. The van der Waals surface area contributed by atoms with Crippen molar-refractivity contribution in [3.63, 3.8) is 0 Å². The van der Waals surface area contributed by atoms with E-state index in [1.165, 1.54) is 12.1 Å². The molecule has 3 aromatic carbocycles. The lowest BCUT2D eigenvalue weighted by Crippen LogP contribution is -2.44. The number of aromatic nitrogens is 1. The molecule has 1 fully saturated rings. The molecule has 1 unspecified atom stereocenters. The number of methoxy groups -OCH3 is 1. The van der Waals surface area contributed by atoms with Crippen molar-refractivity contribution in [1.82, 2.24) is 14.8 Å². The Morgan fingerprint density at radius 3 is 2.48 bits per heavy atom. The van der Waals surface area contributed by atoms with E-state index in [9.17, 15) is 13.3 Å². The molecule has 0 bridgehead atoms. The molecule has 2 heterocycles. The van der Waals surface area contributed by atoms with Crippen molar-refractivity contribution in [2.24, 2.45) is 0 Å². The smallest absolute Gasteiger partial charge is 0.218 e. The van der Waals surface area contributed by atoms with Crippen LogP contribution in [0.3, 0.4) is 0 Å². The number of nitrogens with one attached hydrogen (secondary N) is 1. The molecule has 0 amide bonds. The van der Waals surface area contributed by atoms with Crippen LogP contribution in [0.15, 0.2) is 65.7 Å². The summed E-state index contributed by atoms with van der Waals surface area (Å²) in [6.45, 7) is 5.72. The highest BCUT2D eigenvalue weighted by atomic mass is 32.2. The number of hydrogen-bond acceptors (Lipinski definition) is 8. The Hall–Kier alpha value is -3.71. The van der Waals surface area contributed by atoms with E-state index >= 15 is 4.39 Å². The van der Waals surface area contributed by atoms with Crippen molar-refractivity contribution in [3.05, 3.63) is 78.2 Å². The molecular weight excluding hydrogens is 569 g/mol. The third-order valence-electron chi connectivity index (χ3n) is 6.91. The van der Waals surface area contributed by atoms with Crippen LogP contribution in [0.25, 0.3) is 10.9 Å². The van der Waals surface area contributed by atoms with Gasteiger partial charge in [0.05, 0.1) is 24.9 Å². The van der Waals surface area contributed by atoms with Crippen LogP contribution in [0, 0.1) is 17.5 Å². The molecule has 0 aliphatic carbocycles. The quantitative estimate of drug-likeness (QED) is 0.176. The van der Waals surface area contributed by atoms with E-state index in [4.69, 9.17) is 14.2 Å². The Bertz CT molecular complexity index is 1540. The predicted octanol–water partition coefficient (Wildman–Crippen LogP) is 5.60. The number of anilines is 1. The average Bonchev–Trinajstić information content (AvgIpc) is 2.98. The van der Waals surface area contributed by atoms with Gasteiger partial charge in [0.15, 0.2) is 28.9 Å². The maximum absolute atomic E-state index is 15.0. The van der Waals surface area contributed by atoms with Crippen molar-refractivity contribution in [3.8, 4) is 23.0 Å². The summed E-state index contributed by atoms with van der Waals surface area (Å²) < 4.78 is 74.9. The minimum absolute atomic E-state index is 0.0949. The molecule has 12 heteroatoms. The SMILES string of the molecule is COc1cc2c(Oc3ccc(N[S+]([O-])c4cc(F)ccc4F)cc3F)ccnc2cc1OCCCN1CCN(C)CC1. The molecule has 0 spiro atoms. The highest BCUT2D eigenvalue weighted by Gasteiger charge is 2.20. The number of ether oxygens (including phenoxy) is 3. The summed E-state index contributed by atoms with van der Waals surface area (Å²) in [6, 6.07) is 11.5. The zero-order valence-corrected chi connectivity index (χ0v) is 24.1. The number of halogens is 3. The van der Waals surface area contributed by atoms with Gasteiger partial charge < -0.3 is 28.6 Å². The summed E-state index contributed by atoms with van der Waals surface area (Å²) in [5, 5.41) is 0.587. The van der Waals surface area contributed by atoms with Crippen LogP contribution in [-0.2, 0) is 11.4 Å². The van der Waals surface area contributed by atoms with Gasteiger partial charge in [0.25, 0.3) is 0 Å². The molecule has 1 atom stereocenters. The minimum Gasteiger partial charge on any atom is -0.588 e. The third-order valence-corrected chi connectivity index (χ3v) is 8.05. The molecule has 1 saturated heterocycles. The molecule has 1 aromatic heterocycles. The number of piperazine rings is 1. The van der Waals surface area contributed by atoms with Gasteiger partial charge in [-0.25, -0.2) is 17.9 Å². The lowest BCUT2D eigenvalue weighted by Gasteiger charge is -2.32. The number of fused-ring (bicyclic) bond motifs is 1. The zero-order valence-electron chi connectivity index (χ0n) is 23.2. The lowest BCUT2D eigenvalue weighted by molar-refractivity contribution is 0.145. The van der Waals surface area contributed by atoms with Crippen molar-refractivity contribution < 1.29 is 31.9 Å². The standard InChI is InChI=1S/C30H31F3N4O4S/c1-36-11-13-37(14-12-36)10-3-15-40-29-19-25-22(18-28(29)39-2)26(8-9-34-25)41-27-7-5-21(17-24(27)33)35-42(38)30-16-20(31)4-6-23(30)32/h4-9,16-19,35H,3,10-15H2,1-2H3. The van der Waals surface area contributed by atoms with Gasteiger partial charge in [-0.2, -0.15) is 0 Å². The molecule has 8 nitrogen and oxygen atoms in total. The molecular formula is C30H31F3N4O4S. The summed E-state index contributed by atoms with van der Waals surface area (Å²) in [7, 11) is 3.67. The van der Waals surface area contributed by atoms with Crippen molar-refractivity contribution in [2.45, 2.75) is 11.3 Å². The second-order valence-corrected chi connectivity index (χ2v) is 11.1. The number of rotatable bonds is 11. The molecule has 4 aromatic rings. The second kappa shape index (κ2) is 13.5. The van der Waals surface area contributed by atoms with Gasteiger partial charge in [0, 0.05) is 62.5 Å². The summed E-state index contributed by atoms with van der Waals surface area (Å²) in [5.74, 6) is -1.05. The fourth-order valence-electron chi connectivity index (χ4n) is 4.58. The number of benzene rings is 3. The monoisotopic (exact) mass is 600 g/mol. The minimum atomic E-state index is -2.15. The van der Waals surface area contributed by atoms with E-state index in [2.05, 4.69) is 26.6 Å². The van der Waals surface area contributed by atoms with Crippen molar-refractivity contribution in [1.29, 1.82) is 0 Å². The Morgan fingerprint density at radius 2 is 1.71 bits per heavy atom. The summed E-state index contributed by atoms with van der Waals surface area (Å²) >= 11 is -2.15. The van der Waals surface area contributed by atoms with Crippen LogP contribution in [0.1, 0.15) is 6.42 Å². The maximum Gasteiger partial charge on any atom is 0.218 e. The fraction of sp³-hybridized carbons (Fsp3) is 0.300. The van der Waals surface area contributed by atoms with Crippen LogP contribution in [-0.4, -0.2) is 72.8 Å². The van der Waals surface area contributed by atoms with E-state index in [1.807, 2.05) is 0 Å².